The molecule has 3 rings (SSSR count). The van der Waals surface area contributed by atoms with Crippen molar-refractivity contribution >= 4 is 11.9 Å². The molecule has 29 heavy (non-hydrogen) atoms. The van der Waals surface area contributed by atoms with Crippen molar-refractivity contribution in [3.8, 4) is 5.75 Å². The highest BCUT2D eigenvalue weighted by Gasteiger charge is 2.21. The van der Waals surface area contributed by atoms with Crippen molar-refractivity contribution in [2.24, 2.45) is 12.8 Å². The Bertz CT molecular complexity index is 980. The van der Waals surface area contributed by atoms with Crippen LogP contribution in [0.3, 0.4) is 0 Å². The normalized spacial score (nSPS) is 11.5. The number of nitrogens with zero attached hydrogens (tertiary/aromatic N) is 2. The molecule has 2 aromatic carbocycles. The Hall–Kier alpha value is -3.81. The van der Waals surface area contributed by atoms with Crippen LogP contribution in [0.1, 0.15) is 33.4 Å². The summed E-state index contributed by atoms with van der Waals surface area (Å²) in [5.74, 6) is 1.22. The minimum Gasteiger partial charge on any atom is -0.497 e. The number of hydrogen-bond donors (Lipinski definition) is 3. The number of nitrogens with two attached hydrogens (primary N) is 1. The maximum atomic E-state index is 12.9. The van der Waals surface area contributed by atoms with E-state index in [9.17, 15) is 9.59 Å². The predicted octanol–water partition coefficient (Wildman–Crippen LogP) is 2.12. The first-order chi connectivity index (χ1) is 14.0. The Labute approximate surface area is 168 Å². The van der Waals surface area contributed by atoms with E-state index >= 15 is 0 Å². The van der Waals surface area contributed by atoms with Gasteiger partial charge in [-0.2, -0.15) is 0 Å². The first-order valence-corrected chi connectivity index (χ1v) is 9.02. The molecule has 0 aliphatic rings. The summed E-state index contributed by atoms with van der Waals surface area (Å²) in [6.07, 6.45) is 3.52. The number of methoxy groups -OCH3 is 1. The second-order valence-corrected chi connectivity index (χ2v) is 6.49. The molecule has 4 N–H and O–H groups in total. The Balaban J connectivity index is 1.81. The van der Waals surface area contributed by atoms with E-state index in [1.807, 2.05) is 42.1 Å². The van der Waals surface area contributed by atoms with Crippen LogP contribution in [0.5, 0.6) is 5.75 Å². The number of hydrogen-bond acceptors (Lipinski definition) is 4. The van der Waals surface area contributed by atoms with Gasteiger partial charge in [0, 0.05) is 31.5 Å². The van der Waals surface area contributed by atoms with Crippen molar-refractivity contribution in [2.75, 3.05) is 7.11 Å². The monoisotopic (exact) mass is 393 g/mol. The lowest BCUT2D eigenvalue weighted by atomic mass is 10.0. The molecule has 1 heterocycles. The summed E-state index contributed by atoms with van der Waals surface area (Å²) < 4.78 is 7.09. The zero-order valence-electron chi connectivity index (χ0n) is 16.3. The van der Waals surface area contributed by atoms with Gasteiger partial charge in [-0.15, -0.1) is 0 Å². The third kappa shape index (κ3) is 4.92. The van der Waals surface area contributed by atoms with Gasteiger partial charge < -0.3 is 25.7 Å². The fourth-order valence-corrected chi connectivity index (χ4v) is 2.93. The first-order valence-electron chi connectivity index (χ1n) is 9.02. The van der Waals surface area contributed by atoms with Gasteiger partial charge in [-0.25, -0.2) is 9.78 Å². The predicted molar refractivity (Wildman–Crippen MR) is 108 cm³/mol. The van der Waals surface area contributed by atoms with Crippen LogP contribution in [0.15, 0.2) is 60.9 Å². The first kappa shape index (κ1) is 19.9. The molecule has 3 aromatic rings. The Morgan fingerprint density at radius 3 is 2.38 bits per heavy atom. The second-order valence-electron chi connectivity index (χ2n) is 6.49. The smallest absolute Gasteiger partial charge is 0.312 e. The number of amides is 3. The van der Waals surface area contributed by atoms with Crippen LogP contribution in [0.2, 0.25) is 0 Å². The van der Waals surface area contributed by atoms with Gasteiger partial charge in [-0.1, -0.05) is 24.3 Å². The summed E-state index contributed by atoms with van der Waals surface area (Å²) >= 11 is 0. The standard InChI is InChI=1S/C21H23N5O3/c1-26-12-11-23-19(26)18(15-7-9-17(29-2)10-8-15)25-20(27)16-5-3-14(4-6-16)13-24-21(22)28/h3-12,18H,13H2,1-2H3,(H,25,27)(H3,22,24,28). The molecule has 0 radical (unpaired) electrons. The summed E-state index contributed by atoms with van der Waals surface area (Å²) in [5, 5.41) is 5.56. The number of carbonyl (C=O) groups excluding carboxylic acids is 2. The Morgan fingerprint density at radius 1 is 1.14 bits per heavy atom. The zero-order chi connectivity index (χ0) is 20.8. The van der Waals surface area contributed by atoms with Crippen LogP contribution >= 0.6 is 0 Å². The van der Waals surface area contributed by atoms with Gasteiger partial charge in [-0.05, 0) is 35.4 Å². The molecule has 0 aliphatic carbocycles. The number of rotatable bonds is 7. The number of aromatic nitrogens is 2. The molecule has 0 bridgehead atoms. The average molecular weight is 393 g/mol. The van der Waals surface area contributed by atoms with Crippen LogP contribution in [-0.4, -0.2) is 28.6 Å². The van der Waals surface area contributed by atoms with Gasteiger partial charge in [0.05, 0.1) is 7.11 Å². The number of benzene rings is 2. The quantitative estimate of drug-likeness (QED) is 0.571. The van der Waals surface area contributed by atoms with Gasteiger partial charge in [0.15, 0.2) is 0 Å². The minimum absolute atomic E-state index is 0.233. The lowest BCUT2D eigenvalue weighted by Crippen LogP contribution is -2.31. The third-order valence-corrected chi connectivity index (χ3v) is 4.52. The van der Waals surface area contributed by atoms with Gasteiger partial charge in [0.25, 0.3) is 5.91 Å². The van der Waals surface area contributed by atoms with E-state index in [1.165, 1.54) is 0 Å². The third-order valence-electron chi connectivity index (χ3n) is 4.52. The van der Waals surface area contributed by atoms with E-state index in [0.29, 0.717) is 17.9 Å². The number of aryl methyl sites for hydroxylation is 1. The van der Waals surface area contributed by atoms with Crippen LogP contribution in [0.25, 0.3) is 0 Å². The molecular formula is C21H23N5O3. The van der Waals surface area contributed by atoms with E-state index in [-0.39, 0.29) is 5.91 Å². The van der Waals surface area contributed by atoms with E-state index in [2.05, 4.69) is 15.6 Å². The van der Waals surface area contributed by atoms with Crippen LogP contribution in [0, 0.1) is 0 Å². The van der Waals surface area contributed by atoms with Crippen molar-refractivity contribution < 1.29 is 14.3 Å². The molecule has 3 amide bonds. The van der Waals surface area contributed by atoms with Gasteiger partial charge in [0.1, 0.15) is 17.6 Å². The molecule has 8 heteroatoms. The molecule has 1 aromatic heterocycles. The summed E-state index contributed by atoms with van der Waals surface area (Å²) in [6.45, 7) is 0.305. The molecule has 150 valence electrons. The van der Waals surface area contributed by atoms with Gasteiger partial charge >= 0.3 is 6.03 Å². The number of carbonyl (C=O) groups is 2. The second kappa shape index (κ2) is 8.92. The SMILES string of the molecule is COc1ccc(C(NC(=O)c2ccc(CNC(N)=O)cc2)c2nccn2C)cc1. The minimum atomic E-state index is -0.593. The van der Waals surface area contributed by atoms with Crippen molar-refractivity contribution in [2.45, 2.75) is 12.6 Å². The summed E-state index contributed by atoms with van der Waals surface area (Å²) in [4.78, 5) is 28.1. The highest BCUT2D eigenvalue weighted by molar-refractivity contribution is 5.94. The molecule has 1 unspecified atom stereocenters. The maximum absolute atomic E-state index is 12.9. The van der Waals surface area contributed by atoms with Crippen LogP contribution in [0.4, 0.5) is 4.79 Å². The number of imidazole rings is 1. The van der Waals surface area contributed by atoms with E-state index < -0.39 is 12.1 Å². The fourth-order valence-electron chi connectivity index (χ4n) is 2.93. The van der Waals surface area contributed by atoms with Crippen molar-refractivity contribution in [1.82, 2.24) is 20.2 Å². The van der Waals surface area contributed by atoms with E-state index in [1.54, 1.807) is 37.6 Å². The lowest BCUT2D eigenvalue weighted by molar-refractivity contribution is 0.0941. The molecule has 8 nitrogen and oxygen atoms in total. The average Bonchev–Trinajstić information content (AvgIpc) is 3.16. The maximum Gasteiger partial charge on any atom is 0.312 e. The summed E-state index contributed by atoms with van der Waals surface area (Å²) in [7, 11) is 3.49. The summed E-state index contributed by atoms with van der Waals surface area (Å²) in [5.41, 5.74) is 7.30. The van der Waals surface area contributed by atoms with Crippen molar-refractivity contribution in [1.29, 1.82) is 0 Å². The largest absolute Gasteiger partial charge is 0.497 e. The molecule has 1 atom stereocenters. The highest BCUT2D eigenvalue weighted by Crippen LogP contribution is 2.23. The van der Waals surface area contributed by atoms with Crippen LogP contribution < -0.4 is 21.1 Å². The Morgan fingerprint density at radius 2 is 1.83 bits per heavy atom. The van der Waals surface area contributed by atoms with Crippen LogP contribution in [-0.2, 0) is 13.6 Å². The number of ether oxygens (including phenoxy) is 1. The molecule has 0 fully saturated rings. The molecule has 0 saturated carbocycles. The number of primary amides is 1. The topological polar surface area (TPSA) is 111 Å². The van der Waals surface area contributed by atoms with E-state index in [4.69, 9.17) is 10.5 Å². The fraction of sp³-hybridized carbons (Fsp3) is 0.190. The lowest BCUT2D eigenvalue weighted by Gasteiger charge is -2.19. The van der Waals surface area contributed by atoms with Gasteiger partial charge in [0.2, 0.25) is 0 Å². The zero-order valence-corrected chi connectivity index (χ0v) is 16.3. The molecule has 0 aliphatic heterocycles. The highest BCUT2D eigenvalue weighted by atomic mass is 16.5. The summed E-state index contributed by atoms with van der Waals surface area (Å²) in [6, 6.07) is 13.4. The number of urea groups is 1. The Kier molecular flexibility index (Phi) is 6.13. The molecular weight excluding hydrogens is 370 g/mol. The van der Waals surface area contributed by atoms with Crippen molar-refractivity contribution in [3.63, 3.8) is 0 Å². The molecule has 0 saturated heterocycles. The van der Waals surface area contributed by atoms with Crippen molar-refractivity contribution in [3.05, 3.63) is 83.4 Å². The van der Waals surface area contributed by atoms with E-state index in [0.717, 1.165) is 16.9 Å². The molecule has 0 spiro atoms. The number of nitrogens with one attached hydrogen (secondary N) is 2. The van der Waals surface area contributed by atoms with Gasteiger partial charge in [-0.3, -0.25) is 4.79 Å².